The van der Waals surface area contributed by atoms with E-state index < -0.39 is 0 Å². The Hall–Kier alpha value is -2.96. The predicted octanol–water partition coefficient (Wildman–Crippen LogP) is 3.20. The van der Waals surface area contributed by atoms with Gasteiger partial charge in [-0.05, 0) is 55.3 Å². The van der Waals surface area contributed by atoms with Gasteiger partial charge in [-0.15, -0.1) is 12.4 Å². The second-order valence-electron chi connectivity index (χ2n) is 7.59. The predicted molar refractivity (Wildman–Crippen MR) is 122 cm³/mol. The second-order valence-corrected chi connectivity index (χ2v) is 7.59. The molecule has 0 aliphatic carbocycles. The van der Waals surface area contributed by atoms with Crippen molar-refractivity contribution >= 4 is 23.4 Å². The van der Waals surface area contributed by atoms with Crippen LogP contribution in [0.25, 0.3) is 28.0 Å². The second kappa shape index (κ2) is 8.05. The summed E-state index contributed by atoms with van der Waals surface area (Å²) in [7, 11) is 2.07. The molecule has 0 amide bonds. The molecule has 5 rings (SSSR count). The summed E-state index contributed by atoms with van der Waals surface area (Å²) in [6.45, 7) is 3.92. The van der Waals surface area contributed by atoms with Gasteiger partial charge in [0, 0.05) is 60.8 Å². The normalized spacial score (nSPS) is 13.5. The average molecular weight is 422 g/mol. The number of aromatic nitrogens is 4. The number of nitrogens with one attached hydrogen (secondary N) is 1. The highest BCUT2D eigenvalue weighted by Gasteiger charge is 2.18. The van der Waals surface area contributed by atoms with Gasteiger partial charge in [0.1, 0.15) is 11.5 Å². The first-order valence-corrected chi connectivity index (χ1v) is 9.96. The van der Waals surface area contributed by atoms with E-state index in [9.17, 15) is 4.79 Å². The highest BCUT2D eigenvalue weighted by Crippen LogP contribution is 2.27. The molecule has 7 heteroatoms. The molecule has 0 fully saturated rings. The fourth-order valence-corrected chi connectivity index (χ4v) is 4.18. The summed E-state index contributed by atoms with van der Waals surface area (Å²) in [4.78, 5) is 22.0. The molecule has 0 spiro atoms. The maximum Gasteiger partial charge on any atom is 0.256 e. The lowest BCUT2D eigenvalue weighted by molar-refractivity contribution is 0.698. The molecular formula is C23H24ClN5O. The number of aryl methyl sites for hydroxylation is 2. The SMILES string of the molecule is Cc1ccc(-c2ccn(-c3ccc4c5c(n(C)c4n3)CCNCC5)c(=O)c2)cn1.Cl. The largest absolute Gasteiger partial charge is 0.332 e. The molecule has 0 aromatic carbocycles. The lowest BCUT2D eigenvalue weighted by Crippen LogP contribution is -2.18. The minimum absolute atomic E-state index is 0. The number of pyridine rings is 3. The van der Waals surface area contributed by atoms with Gasteiger partial charge < -0.3 is 9.88 Å². The number of rotatable bonds is 2. The first-order chi connectivity index (χ1) is 14.1. The van der Waals surface area contributed by atoms with E-state index in [1.807, 2.05) is 31.2 Å². The van der Waals surface area contributed by atoms with Gasteiger partial charge in [0.2, 0.25) is 0 Å². The van der Waals surface area contributed by atoms with E-state index in [1.165, 1.54) is 16.6 Å². The standard InChI is InChI=1S/C23H23N5O.ClH/c1-15-3-4-17(14-25-15)16-9-12-28(22(29)13-16)21-6-5-19-18-7-10-24-11-8-20(18)27(2)23(19)26-21;/h3-6,9,12-14,24H,7-8,10-11H2,1-2H3;1H. The van der Waals surface area contributed by atoms with Crippen LogP contribution in [0, 0.1) is 6.92 Å². The molecule has 154 valence electrons. The Morgan fingerprint density at radius 1 is 1.03 bits per heavy atom. The lowest BCUT2D eigenvalue weighted by atomic mass is 10.1. The third-order valence-corrected chi connectivity index (χ3v) is 5.76. The van der Waals surface area contributed by atoms with E-state index in [1.54, 1.807) is 23.0 Å². The van der Waals surface area contributed by atoms with Gasteiger partial charge in [-0.2, -0.15) is 0 Å². The molecular weight excluding hydrogens is 398 g/mol. The molecule has 1 aliphatic rings. The average Bonchev–Trinajstić information content (AvgIpc) is 2.89. The number of nitrogens with zero attached hydrogens (tertiary/aromatic N) is 4. The zero-order chi connectivity index (χ0) is 20.0. The summed E-state index contributed by atoms with van der Waals surface area (Å²) in [6.07, 6.45) is 5.60. The zero-order valence-corrected chi connectivity index (χ0v) is 17.9. The number of halogens is 1. The minimum Gasteiger partial charge on any atom is -0.332 e. The molecule has 1 N–H and O–H groups in total. The van der Waals surface area contributed by atoms with Gasteiger partial charge in [0.15, 0.2) is 0 Å². The first-order valence-electron chi connectivity index (χ1n) is 9.96. The maximum absolute atomic E-state index is 12.8. The summed E-state index contributed by atoms with van der Waals surface area (Å²) in [5.74, 6) is 0.643. The van der Waals surface area contributed by atoms with Crippen molar-refractivity contribution in [2.75, 3.05) is 13.1 Å². The molecule has 0 saturated heterocycles. The Balaban J connectivity index is 0.00000218. The number of hydrogen-bond acceptors (Lipinski definition) is 4. The van der Waals surface area contributed by atoms with Crippen LogP contribution in [-0.4, -0.2) is 32.2 Å². The lowest BCUT2D eigenvalue weighted by Gasteiger charge is -2.08. The maximum atomic E-state index is 12.8. The molecule has 30 heavy (non-hydrogen) atoms. The van der Waals surface area contributed by atoms with Crippen molar-refractivity contribution in [3.63, 3.8) is 0 Å². The van der Waals surface area contributed by atoms with E-state index in [0.717, 1.165) is 48.4 Å². The van der Waals surface area contributed by atoms with E-state index >= 15 is 0 Å². The van der Waals surface area contributed by atoms with Crippen LogP contribution in [0.1, 0.15) is 17.0 Å². The van der Waals surface area contributed by atoms with Gasteiger partial charge in [0.25, 0.3) is 5.56 Å². The Kier molecular flexibility index (Phi) is 5.45. The van der Waals surface area contributed by atoms with E-state index in [0.29, 0.717) is 5.82 Å². The Labute approximate surface area is 181 Å². The van der Waals surface area contributed by atoms with Crippen LogP contribution in [0.15, 0.2) is 53.6 Å². The van der Waals surface area contributed by atoms with Crippen molar-refractivity contribution in [3.8, 4) is 16.9 Å². The smallest absolute Gasteiger partial charge is 0.256 e. The third kappa shape index (κ3) is 3.42. The van der Waals surface area contributed by atoms with Crippen molar-refractivity contribution in [2.45, 2.75) is 19.8 Å². The van der Waals surface area contributed by atoms with Crippen LogP contribution in [0.4, 0.5) is 0 Å². The monoisotopic (exact) mass is 421 g/mol. The molecule has 1 aliphatic heterocycles. The molecule has 0 radical (unpaired) electrons. The van der Waals surface area contributed by atoms with E-state index in [2.05, 4.69) is 28.0 Å². The van der Waals surface area contributed by atoms with Crippen LogP contribution in [0.3, 0.4) is 0 Å². The molecule has 5 heterocycles. The first kappa shape index (κ1) is 20.3. The highest BCUT2D eigenvalue weighted by atomic mass is 35.5. The van der Waals surface area contributed by atoms with Crippen molar-refractivity contribution in [1.29, 1.82) is 0 Å². The van der Waals surface area contributed by atoms with Crippen molar-refractivity contribution in [1.82, 2.24) is 24.4 Å². The van der Waals surface area contributed by atoms with Gasteiger partial charge in [-0.1, -0.05) is 6.07 Å². The van der Waals surface area contributed by atoms with E-state index in [4.69, 9.17) is 4.98 Å². The number of fused-ring (bicyclic) bond motifs is 3. The fraction of sp³-hybridized carbons (Fsp3) is 0.261. The van der Waals surface area contributed by atoms with Crippen LogP contribution < -0.4 is 10.9 Å². The molecule has 4 aromatic rings. The molecule has 0 saturated carbocycles. The van der Waals surface area contributed by atoms with Crippen LogP contribution in [0.5, 0.6) is 0 Å². The molecule has 4 aromatic heterocycles. The molecule has 0 atom stereocenters. The molecule has 6 nitrogen and oxygen atoms in total. The van der Waals surface area contributed by atoms with Gasteiger partial charge in [0.05, 0.1) is 0 Å². The van der Waals surface area contributed by atoms with Crippen molar-refractivity contribution < 1.29 is 0 Å². The zero-order valence-electron chi connectivity index (χ0n) is 17.1. The van der Waals surface area contributed by atoms with Gasteiger partial charge >= 0.3 is 0 Å². The summed E-state index contributed by atoms with van der Waals surface area (Å²) < 4.78 is 3.78. The topological polar surface area (TPSA) is 64.7 Å². The quantitative estimate of drug-likeness (QED) is 0.539. The summed E-state index contributed by atoms with van der Waals surface area (Å²) >= 11 is 0. The molecule has 0 unspecified atom stereocenters. The van der Waals surface area contributed by atoms with Gasteiger partial charge in [-0.25, -0.2) is 4.98 Å². The summed E-state index contributed by atoms with van der Waals surface area (Å²) in [6, 6.07) is 11.6. The van der Waals surface area contributed by atoms with Gasteiger partial charge in [-0.3, -0.25) is 14.3 Å². The Morgan fingerprint density at radius 3 is 2.63 bits per heavy atom. The van der Waals surface area contributed by atoms with Crippen LogP contribution in [-0.2, 0) is 19.9 Å². The third-order valence-electron chi connectivity index (χ3n) is 5.76. The fourth-order valence-electron chi connectivity index (χ4n) is 4.18. The van der Waals surface area contributed by atoms with Crippen molar-refractivity contribution in [2.24, 2.45) is 7.05 Å². The van der Waals surface area contributed by atoms with Crippen LogP contribution in [0.2, 0.25) is 0 Å². The molecule has 0 bridgehead atoms. The summed E-state index contributed by atoms with van der Waals surface area (Å²) in [5.41, 5.74) is 6.30. The van der Waals surface area contributed by atoms with Crippen LogP contribution >= 0.6 is 12.4 Å². The van der Waals surface area contributed by atoms with E-state index in [-0.39, 0.29) is 18.0 Å². The Bertz CT molecular complexity index is 1270. The Morgan fingerprint density at radius 2 is 1.87 bits per heavy atom. The summed E-state index contributed by atoms with van der Waals surface area (Å²) in [5, 5.41) is 4.64. The highest BCUT2D eigenvalue weighted by molar-refractivity contribution is 5.85. The van der Waals surface area contributed by atoms with Crippen molar-refractivity contribution in [3.05, 3.63) is 76.1 Å². The number of hydrogen-bond donors (Lipinski definition) is 1. The minimum atomic E-state index is -0.102.